The van der Waals surface area contributed by atoms with E-state index in [1.807, 2.05) is 6.07 Å². The van der Waals surface area contributed by atoms with E-state index in [2.05, 4.69) is 35.8 Å². The topological polar surface area (TPSA) is 45.7 Å². The first-order valence-corrected chi connectivity index (χ1v) is 8.62. The zero-order valence-electron chi connectivity index (χ0n) is 13.9. The third-order valence-corrected chi connectivity index (χ3v) is 4.33. The van der Waals surface area contributed by atoms with Crippen molar-refractivity contribution in [1.29, 1.82) is 0 Å². The van der Waals surface area contributed by atoms with Crippen LogP contribution in [0.1, 0.15) is 44.6 Å². The van der Waals surface area contributed by atoms with Gasteiger partial charge >= 0.3 is 0 Å². The summed E-state index contributed by atoms with van der Waals surface area (Å²) in [7, 11) is 0. The van der Waals surface area contributed by atoms with Crippen LogP contribution in [-0.2, 0) is 6.54 Å². The van der Waals surface area contributed by atoms with Crippen molar-refractivity contribution in [2.24, 2.45) is 10.9 Å². The zero-order valence-corrected chi connectivity index (χ0v) is 16.2. The van der Waals surface area contributed by atoms with E-state index in [0.29, 0.717) is 12.6 Å². The molecule has 2 saturated carbocycles. The van der Waals surface area contributed by atoms with Gasteiger partial charge < -0.3 is 15.4 Å². The third kappa shape index (κ3) is 5.86. The summed E-state index contributed by atoms with van der Waals surface area (Å²) in [5, 5.41) is 6.75. The van der Waals surface area contributed by atoms with Gasteiger partial charge in [-0.05, 0) is 51.0 Å². The van der Waals surface area contributed by atoms with Crippen molar-refractivity contribution >= 4 is 29.9 Å². The van der Waals surface area contributed by atoms with E-state index in [1.165, 1.54) is 32.1 Å². The van der Waals surface area contributed by atoms with Gasteiger partial charge in [-0.3, -0.25) is 0 Å². The molecule has 0 aromatic heterocycles. The number of guanidine groups is 1. The maximum absolute atomic E-state index is 6.07. The number of para-hydroxylation sites is 1. The van der Waals surface area contributed by atoms with Gasteiger partial charge in [-0.15, -0.1) is 24.0 Å². The standard InChI is InChI=1S/C18H27N3O.HI/c1-2-19-18(20-12-14-10-11-14)21-13-15-6-3-4-9-17(15)22-16-7-5-8-16;/h3-4,6,9,14,16H,2,5,7-8,10-13H2,1H3,(H2,19,20,21);1H. The number of ether oxygens (including phenoxy) is 1. The molecule has 2 aliphatic rings. The van der Waals surface area contributed by atoms with Crippen LogP contribution < -0.4 is 15.4 Å². The van der Waals surface area contributed by atoms with Crippen LogP contribution in [0.4, 0.5) is 0 Å². The number of rotatable bonds is 7. The molecule has 1 aromatic carbocycles. The lowest BCUT2D eigenvalue weighted by molar-refractivity contribution is 0.119. The Morgan fingerprint density at radius 3 is 2.61 bits per heavy atom. The largest absolute Gasteiger partial charge is 0.490 e. The molecule has 128 valence electrons. The highest BCUT2D eigenvalue weighted by Gasteiger charge is 2.21. The van der Waals surface area contributed by atoms with E-state index >= 15 is 0 Å². The molecular formula is C18H28IN3O. The summed E-state index contributed by atoms with van der Waals surface area (Å²) in [6.45, 7) is 4.67. The summed E-state index contributed by atoms with van der Waals surface area (Å²) in [5.74, 6) is 2.75. The Morgan fingerprint density at radius 1 is 1.17 bits per heavy atom. The summed E-state index contributed by atoms with van der Waals surface area (Å²) in [5.41, 5.74) is 1.16. The molecule has 4 nitrogen and oxygen atoms in total. The fraction of sp³-hybridized carbons (Fsp3) is 0.611. The molecule has 0 heterocycles. The number of nitrogens with one attached hydrogen (secondary N) is 2. The Balaban J connectivity index is 0.00000192. The van der Waals surface area contributed by atoms with Gasteiger partial charge in [0.25, 0.3) is 0 Å². The van der Waals surface area contributed by atoms with Gasteiger partial charge in [0.2, 0.25) is 0 Å². The Hall–Kier alpha value is -0.980. The van der Waals surface area contributed by atoms with Crippen molar-refractivity contribution in [3.63, 3.8) is 0 Å². The molecule has 0 bridgehead atoms. The highest BCUT2D eigenvalue weighted by Crippen LogP contribution is 2.28. The van der Waals surface area contributed by atoms with Gasteiger partial charge in [0.1, 0.15) is 5.75 Å². The van der Waals surface area contributed by atoms with E-state index in [1.54, 1.807) is 0 Å². The van der Waals surface area contributed by atoms with E-state index in [-0.39, 0.29) is 24.0 Å². The molecule has 5 heteroatoms. The second-order valence-electron chi connectivity index (χ2n) is 6.30. The highest BCUT2D eigenvalue weighted by molar-refractivity contribution is 14.0. The number of hydrogen-bond donors (Lipinski definition) is 2. The molecule has 1 aromatic rings. The van der Waals surface area contributed by atoms with Crippen LogP contribution in [0.25, 0.3) is 0 Å². The fourth-order valence-corrected chi connectivity index (χ4v) is 2.49. The van der Waals surface area contributed by atoms with Gasteiger partial charge in [-0.1, -0.05) is 18.2 Å². The smallest absolute Gasteiger partial charge is 0.191 e. The van der Waals surface area contributed by atoms with Crippen LogP contribution in [0.5, 0.6) is 5.75 Å². The van der Waals surface area contributed by atoms with Gasteiger partial charge in [0.05, 0.1) is 12.6 Å². The lowest BCUT2D eigenvalue weighted by Gasteiger charge is -2.27. The molecule has 0 unspecified atom stereocenters. The molecule has 3 rings (SSSR count). The van der Waals surface area contributed by atoms with Gasteiger partial charge in [0.15, 0.2) is 5.96 Å². The summed E-state index contributed by atoms with van der Waals surface area (Å²) in [6, 6.07) is 8.27. The molecule has 0 aliphatic heterocycles. The Labute approximate surface area is 156 Å². The molecule has 0 saturated heterocycles. The maximum atomic E-state index is 6.07. The summed E-state index contributed by atoms with van der Waals surface area (Å²) >= 11 is 0. The first-order valence-electron chi connectivity index (χ1n) is 8.62. The quantitative estimate of drug-likeness (QED) is 0.395. The number of halogens is 1. The van der Waals surface area contributed by atoms with Crippen molar-refractivity contribution in [3.8, 4) is 5.75 Å². The average Bonchev–Trinajstić information content (AvgIpc) is 3.31. The fourth-order valence-electron chi connectivity index (χ4n) is 2.49. The molecule has 23 heavy (non-hydrogen) atoms. The average molecular weight is 429 g/mol. The first kappa shape index (κ1) is 18.4. The lowest BCUT2D eigenvalue weighted by Crippen LogP contribution is -2.38. The van der Waals surface area contributed by atoms with Crippen LogP contribution in [-0.4, -0.2) is 25.2 Å². The minimum absolute atomic E-state index is 0. The van der Waals surface area contributed by atoms with Crippen molar-refractivity contribution in [2.45, 2.75) is 51.7 Å². The minimum Gasteiger partial charge on any atom is -0.490 e. The minimum atomic E-state index is 0. The van der Waals surface area contributed by atoms with Crippen LogP contribution in [0.3, 0.4) is 0 Å². The predicted octanol–water partition coefficient (Wildman–Crippen LogP) is 3.70. The summed E-state index contributed by atoms with van der Waals surface area (Å²) in [6.07, 6.45) is 6.77. The van der Waals surface area contributed by atoms with Gasteiger partial charge in [0, 0.05) is 18.7 Å². The van der Waals surface area contributed by atoms with E-state index < -0.39 is 0 Å². The monoisotopic (exact) mass is 429 g/mol. The second-order valence-corrected chi connectivity index (χ2v) is 6.30. The molecule has 2 N–H and O–H groups in total. The van der Waals surface area contributed by atoms with Crippen molar-refractivity contribution < 1.29 is 4.74 Å². The molecule has 0 amide bonds. The third-order valence-electron chi connectivity index (χ3n) is 4.33. The molecule has 2 aliphatic carbocycles. The maximum Gasteiger partial charge on any atom is 0.191 e. The van der Waals surface area contributed by atoms with Crippen molar-refractivity contribution in [2.75, 3.05) is 13.1 Å². The van der Waals surface area contributed by atoms with Crippen LogP contribution in [0, 0.1) is 5.92 Å². The Morgan fingerprint density at radius 2 is 1.96 bits per heavy atom. The zero-order chi connectivity index (χ0) is 15.2. The highest BCUT2D eigenvalue weighted by atomic mass is 127. The van der Waals surface area contributed by atoms with Crippen molar-refractivity contribution in [1.82, 2.24) is 10.6 Å². The summed E-state index contributed by atoms with van der Waals surface area (Å²) < 4.78 is 6.07. The number of nitrogens with zero attached hydrogens (tertiary/aromatic N) is 1. The number of hydrogen-bond acceptors (Lipinski definition) is 2. The van der Waals surface area contributed by atoms with Gasteiger partial charge in [-0.25, -0.2) is 4.99 Å². The first-order chi connectivity index (χ1) is 10.8. The van der Waals surface area contributed by atoms with Crippen molar-refractivity contribution in [3.05, 3.63) is 29.8 Å². The van der Waals surface area contributed by atoms with E-state index in [0.717, 1.165) is 36.3 Å². The Kier molecular flexibility index (Phi) is 7.46. The van der Waals surface area contributed by atoms with E-state index in [9.17, 15) is 0 Å². The molecule has 0 spiro atoms. The summed E-state index contributed by atoms with van der Waals surface area (Å²) in [4.78, 5) is 4.71. The normalized spacial score (nSPS) is 17.9. The number of benzene rings is 1. The van der Waals surface area contributed by atoms with Gasteiger partial charge in [-0.2, -0.15) is 0 Å². The van der Waals surface area contributed by atoms with Crippen LogP contribution in [0.15, 0.2) is 29.3 Å². The van der Waals surface area contributed by atoms with Crippen LogP contribution >= 0.6 is 24.0 Å². The van der Waals surface area contributed by atoms with Crippen LogP contribution in [0.2, 0.25) is 0 Å². The Bertz CT molecular complexity index is 513. The molecule has 2 fully saturated rings. The second kappa shape index (κ2) is 9.35. The lowest BCUT2D eigenvalue weighted by atomic mass is 9.96. The molecule has 0 atom stereocenters. The van der Waals surface area contributed by atoms with E-state index in [4.69, 9.17) is 9.73 Å². The number of aliphatic imine (C=N–C) groups is 1. The predicted molar refractivity (Wildman–Crippen MR) is 106 cm³/mol. The SMILES string of the molecule is CCNC(=NCc1ccccc1OC1CCC1)NCC1CC1.I. The molecule has 0 radical (unpaired) electrons. The molecular weight excluding hydrogens is 401 g/mol.